The molecule has 0 saturated carbocycles. The fraction of sp³-hybridized carbons (Fsp3) is 0.600. The quantitative estimate of drug-likeness (QED) is 0.848. The van der Waals surface area contributed by atoms with E-state index in [0.717, 1.165) is 19.5 Å². The molecule has 0 spiro atoms. The molecule has 2 nitrogen and oxygen atoms in total. The minimum absolute atomic E-state index is 0.151. The van der Waals surface area contributed by atoms with Crippen LogP contribution in [0, 0.1) is 5.41 Å². The minimum atomic E-state index is 0.151. The molecule has 0 fully saturated rings. The van der Waals surface area contributed by atoms with Crippen LogP contribution in [0.2, 0.25) is 0 Å². The Morgan fingerprint density at radius 2 is 1.76 bits per heavy atom. The number of nitrogens with two attached hydrogens (primary N) is 1. The number of rotatable bonds is 5. The van der Waals surface area contributed by atoms with Gasteiger partial charge < -0.3 is 10.6 Å². The SMILES string of the molecule is CN(CCC(N)c1ccccc1)CC(C)(C)C. The van der Waals surface area contributed by atoms with Crippen LogP contribution in [0.3, 0.4) is 0 Å². The first-order chi connectivity index (χ1) is 7.88. The standard InChI is InChI=1S/C15H26N2/c1-15(2,3)12-17(4)11-10-14(16)13-8-6-5-7-9-13/h5-9,14H,10-12,16H2,1-4H3. The van der Waals surface area contributed by atoms with Crippen molar-refractivity contribution in [3.63, 3.8) is 0 Å². The van der Waals surface area contributed by atoms with Crippen LogP contribution in [0.1, 0.15) is 38.8 Å². The highest BCUT2D eigenvalue weighted by Gasteiger charge is 2.14. The monoisotopic (exact) mass is 234 g/mol. The number of nitrogens with zero attached hydrogens (tertiary/aromatic N) is 1. The van der Waals surface area contributed by atoms with E-state index < -0.39 is 0 Å². The average molecular weight is 234 g/mol. The maximum atomic E-state index is 6.18. The fourth-order valence-electron chi connectivity index (χ4n) is 2.12. The van der Waals surface area contributed by atoms with Crippen molar-refractivity contribution in [2.24, 2.45) is 11.1 Å². The fourth-order valence-corrected chi connectivity index (χ4v) is 2.12. The van der Waals surface area contributed by atoms with E-state index in [0.29, 0.717) is 5.41 Å². The molecule has 1 aromatic rings. The predicted molar refractivity (Wildman–Crippen MR) is 74.9 cm³/mol. The molecule has 0 radical (unpaired) electrons. The van der Waals surface area contributed by atoms with Crippen LogP contribution in [0.5, 0.6) is 0 Å². The highest BCUT2D eigenvalue weighted by molar-refractivity contribution is 5.18. The minimum Gasteiger partial charge on any atom is -0.324 e. The summed E-state index contributed by atoms with van der Waals surface area (Å²) in [6, 6.07) is 10.5. The van der Waals surface area contributed by atoms with Crippen LogP contribution in [-0.4, -0.2) is 25.0 Å². The third kappa shape index (κ3) is 5.85. The van der Waals surface area contributed by atoms with Gasteiger partial charge in [0.05, 0.1) is 0 Å². The van der Waals surface area contributed by atoms with Gasteiger partial charge in [-0.15, -0.1) is 0 Å². The smallest absolute Gasteiger partial charge is 0.0307 e. The van der Waals surface area contributed by atoms with Gasteiger partial charge in [-0.1, -0.05) is 51.1 Å². The normalized spacial score (nSPS) is 14.0. The Hall–Kier alpha value is -0.860. The van der Waals surface area contributed by atoms with E-state index in [1.54, 1.807) is 0 Å². The topological polar surface area (TPSA) is 29.3 Å². The second kappa shape index (κ2) is 6.18. The Kier molecular flexibility index (Phi) is 5.16. The average Bonchev–Trinajstić information content (AvgIpc) is 2.25. The molecule has 0 aliphatic heterocycles. The number of benzene rings is 1. The van der Waals surface area contributed by atoms with E-state index >= 15 is 0 Å². The summed E-state index contributed by atoms with van der Waals surface area (Å²) in [5, 5.41) is 0. The van der Waals surface area contributed by atoms with Gasteiger partial charge in [0.15, 0.2) is 0 Å². The van der Waals surface area contributed by atoms with E-state index in [1.807, 2.05) is 18.2 Å². The second-order valence-electron chi connectivity index (χ2n) is 6.10. The molecule has 0 heterocycles. The maximum Gasteiger partial charge on any atom is 0.0307 e. The third-order valence-electron chi connectivity index (χ3n) is 2.79. The summed E-state index contributed by atoms with van der Waals surface area (Å²) in [4.78, 5) is 2.36. The van der Waals surface area contributed by atoms with E-state index in [2.05, 4.69) is 44.9 Å². The zero-order valence-electron chi connectivity index (χ0n) is 11.6. The van der Waals surface area contributed by atoms with Crippen molar-refractivity contribution in [3.8, 4) is 0 Å². The van der Waals surface area contributed by atoms with Crippen LogP contribution >= 0.6 is 0 Å². The molecule has 2 N–H and O–H groups in total. The van der Waals surface area contributed by atoms with E-state index in [9.17, 15) is 0 Å². The molecule has 1 aromatic carbocycles. The first kappa shape index (κ1) is 14.2. The zero-order valence-corrected chi connectivity index (χ0v) is 11.6. The predicted octanol–water partition coefficient (Wildman–Crippen LogP) is 3.05. The highest BCUT2D eigenvalue weighted by Crippen LogP contribution is 2.17. The summed E-state index contributed by atoms with van der Waals surface area (Å²) in [5.74, 6) is 0. The number of hydrogen-bond acceptors (Lipinski definition) is 2. The zero-order chi connectivity index (χ0) is 12.9. The molecular weight excluding hydrogens is 208 g/mol. The molecule has 0 aliphatic rings. The van der Waals surface area contributed by atoms with Crippen LogP contribution in [0.25, 0.3) is 0 Å². The summed E-state index contributed by atoms with van der Waals surface area (Å²) < 4.78 is 0. The molecule has 0 amide bonds. The molecule has 1 atom stereocenters. The Balaban J connectivity index is 2.36. The third-order valence-corrected chi connectivity index (χ3v) is 2.79. The van der Waals surface area contributed by atoms with Crippen molar-refractivity contribution in [2.75, 3.05) is 20.1 Å². The van der Waals surface area contributed by atoms with Crippen molar-refractivity contribution >= 4 is 0 Å². The Bertz CT molecular complexity index is 313. The van der Waals surface area contributed by atoms with Crippen molar-refractivity contribution in [3.05, 3.63) is 35.9 Å². The molecule has 2 heteroatoms. The van der Waals surface area contributed by atoms with Gasteiger partial charge in [0.1, 0.15) is 0 Å². The lowest BCUT2D eigenvalue weighted by molar-refractivity contribution is 0.221. The molecule has 0 saturated heterocycles. The van der Waals surface area contributed by atoms with Gasteiger partial charge in [-0.2, -0.15) is 0 Å². The van der Waals surface area contributed by atoms with Gasteiger partial charge in [0.2, 0.25) is 0 Å². The lowest BCUT2D eigenvalue weighted by Gasteiger charge is -2.27. The van der Waals surface area contributed by atoms with Crippen molar-refractivity contribution in [1.82, 2.24) is 4.90 Å². The summed E-state index contributed by atoms with van der Waals surface area (Å²) in [6.45, 7) is 8.95. The van der Waals surface area contributed by atoms with Crippen molar-refractivity contribution < 1.29 is 0 Å². The molecule has 17 heavy (non-hydrogen) atoms. The largest absolute Gasteiger partial charge is 0.324 e. The number of hydrogen-bond donors (Lipinski definition) is 1. The van der Waals surface area contributed by atoms with Crippen molar-refractivity contribution in [1.29, 1.82) is 0 Å². The summed E-state index contributed by atoms with van der Waals surface area (Å²) in [5.41, 5.74) is 7.77. The molecule has 1 rings (SSSR count). The first-order valence-corrected chi connectivity index (χ1v) is 6.37. The Labute approximate surface area is 106 Å². The van der Waals surface area contributed by atoms with Crippen LogP contribution < -0.4 is 5.73 Å². The van der Waals surface area contributed by atoms with Gasteiger partial charge in [-0.25, -0.2) is 0 Å². The molecule has 0 aromatic heterocycles. The summed E-state index contributed by atoms with van der Waals surface area (Å²) in [7, 11) is 2.17. The molecule has 1 unspecified atom stereocenters. The Morgan fingerprint density at radius 1 is 1.18 bits per heavy atom. The van der Waals surface area contributed by atoms with Gasteiger partial charge in [-0.3, -0.25) is 0 Å². The second-order valence-corrected chi connectivity index (χ2v) is 6.10. The maximum absolute atomic E-state index is 6.18. The molecule has 0 aliphatic carbocycles. The van der Waals surface area contributed by atoms with E-state index in [-0.39, 0.29) is 6.04 Å². The Morgan fingerprint density at radius 3 is 2.29 bits per heavy atom. The highest BCUT2D eigenvalue weighted by atomic mass is 15.1. The van der Waals surface area contributed by atoms with Gasteiger partial charge in [0, 0.05) is 12.6 Å². The van der Waals surface area contributed by atoms with Gasteiger partial charge in [0.25, 0.3) is 0 Å². The lowest BCUT2D eigenvalue weighted by atomic mass is 9.96. The molecule has 96 valence electrons. The van der Waals surface area contributed by atoms with Gasteiger partial charge in [-0.05, 0) is 31.0 Å². The van der Waals surface area contributed by atoms with Crippen LogP contribution in [-0.2, 0) is 0 Å². The van der Waals surface area contributed by atoms with Crippen molar-refractivity contribution in [2.45, 2.75) is 33.2 Å². The summed E-state index contributed by atoms with van der Waals surface area (Å²) in [6.07, 6.45) is 1.01. The molecule has 0 bridgehead atoms. The van der Waals surface area contributed by atoms with Crippen LogP contribution in [0.15, 0.2) is 30.3 Å². The molecular formula is C15H26N2. The van der Waals surface area contributed by atoms with Crippen LogP contribution in [0.4, 0.5) is 0 Å². The van der Waals surface area contributed by atoms with Gasteiger partial charge >= 0.3 is 0 Å². The first-order valence-electron chi connectivity index (χ1n) is 6.37. The van der Waals surface area contributed by atoms with E-state index in [4.69, 9.17) is 5.73 Å². The lowest BCUT2D eigenvalue weighted by Crippen LogP contribution is -2.31. The summed E-state index contributed by atoms with van der Waals surface area (Å²) >= 11 is 0. The van der Waals surface area contributed by atoms with E-state index in [1.165, 1.54) is 5.56 Å².